The van der Waals surface area contributed by atoms with Crippen LogP contribution in [0.25, 0.3) is 11.3 Å². The number of hydrogen-bond acceptors (Lipinski definition) is 4. The Bertz CT molecular complexity index is 875. The molecule has 10 heteroatoms. The van der Waals surface area contributed by atoms with E-state index >= 15 is 0 Å². The molecule has 1 aromatic carbocycles. The summed E-state index contributed by atoms with van der Waals surface area (Å²) in [7, 11) is -3.53. The molecule has 22 heavy (non-hydrogen) atoms. The highest BCUT2D eigenvalue weighted by atomic mass is 35.5. The van der Waals surface area contributed by atoms with Crippen LogP contribution < -0.4 is 4.72 Å². The average molecular weight is 366 g/mol. The van der Waals surface area contributed by atoms with Gasteiger partial charge in [-0.3, -0.25) is 4.72 Å². The Hall–Kier alpha value is -1.51. The highest BCUT2D eigenvalue weighted by molar-refractivity contribution is 7.92. The number of fused-ring (bicyclic) bond motifs is 1. The third-order valence-electron chi connectivity index (χ3n) is 3.09. The second kappa shape index (κ2) is 5.29. The number of benzene rings is 1. The van der Waals surface area contributed by atoms with Crippen molar-refractivity contribution in [3.63, 3.8) is 0 Å². The molecule has 2 heterocycles. The topological polar surface area (TPSA) is 72.0 Å². The molecule has 0 fully saturated rings. The van der Waals surface area contributed by atoms with E-state index in [4.69, 9.17) is 23.2 Å². The normalized spacial score (nSPS) is 15.7. The highest BCUT2D eigenvalue weighted by Crippen LogP contribution is 2.40. The molecule has 0 radical (unpaired) electrons. The first kappa shape index (κ1) is 15.4. The Morgan fingerprint density at radius 3 is 2.64 bits per heavy atom. The van der Waals surface area contributed by atoms with Crippen molar-refractivity contribution in [1.82, 2.24) is 9.97 Å². The van der Waals surface area contributed by atoms with Crippen LogP contribution in [0.15, 0.2) is 18.3 Å². The van der Waals surface area contributed by atoms with Crippen molar-refractivity contribution in [1.29, 1.82) is 0 Å². The summed E-state index contributed by atoms with van der Waals surface area (Å²) < 4.78 is 51.0. The van der Waals surface area contributed by atoms with Gasteiger partial charge in [0.15, 0.2) is 5.15 Å². The Kier molecular flexibility index (Phi) is 3.70. The Balaban J connectivity index is 2.16. The van der Waals surface area contributed by atoms with Gasteiger partial charge in [0.25, 0.3) is 6.43 Å². The van der Waals surface area contributed by atoms with Crippen LogP contribution in [-0.2, 0) is 15.8 Å². The Labute approximate surface area is 134 Å². The molecule has 1 aromatic heterocycles. The fourth-order valence-electron chi connectivity index (χ4n) is 2.15. The number of hydrogen-bond donors (Lipinski definition) is 1. The van der Waals surface area contributed by atoms with Gasteiger partial charge in [-0.15, -0.1) is 0 Å². The van der Waals surface area contributed by atoms with Crippen LogP contribution in [0.1, 0.15) is 17.7 Å². The molecule has 3 rings (SSSR count). The summed E-state index contributed by atoms with van der Waals surface area (Å²) in [6, 6.07) is 3.03. The molecule has 5 nitrogen and oxygen atoms in total. The number of rotatable bonds is 2. The first-order valence-electron chi connectivity index (χ1n) is 5.91. The van der Waals surface area contributed by atoms with Crippen LogP contribution in [0.5, 0.6) is 0 Å². The fraction of sp³-hybridized carbons (Fsp3) is 0.167. The molecule has 0 saturated heterocycles. The number of nitrogens with one attached hydrogen (secondary N) is 1. The number of sulfonamides is 1. The van der Waals surface area contributed by atoms with Crippen LogP contribution in [0, 0.1) is 0 Å². The number of alkyl halides is 2. The minimum atomic E-state index is -3.53. The molecule has 1 aliphatic heterocycles. The first-order chi connectivity index (χ1) is 10.3. The van der Waals surface area contributed by atoms with Crippen molar-refractivity contribution in [3.8, 4) is 11.3 Å². The van der Waals surface area contributed by atoms with Crippen molar-refractivity contribution in [2.75, 3.05) is 4.72 Å². The molecule has 0 saturated carbocycles. The lowest BCUT2D eigenvalue weighted by Crippen LogP contribution is -2.05. The first-order valence-corrected chi connectivity index (χ1v) is 8.32. The lowest BCUT2D eigenvalue weighted by atomic mass is 10.0. The van der Waals surface area contributed by atoms with E-state index in [-0.39, 0.29) is 22.2 Å². The molecule has 116 valence electrons. The summed E-state index contributed by atoms with van der Waals surface area (Å²) in [6.45, 7) is 0. The standard InChI is InChI=1S/C12H7Cl2F2N3O2S/c13-7-2-1-5(6-4-22(20,21)19-9(6)7)8-3-17-10(12(15)16)11(14)18-8/h1-3,12,19H,4H2. The van der Waals surface area contributed by atoms with Crippen LogP contribution in [0.2, 0.25) is 10.2 Å². The molecule has 0 aliphatic carbocycles. The van der Waals surface area contributed by atoms with E-state index in [1.54, 1.807) is 6.07 Å². The van der Waals surface area contributed by atoms with Gasteiger partial charge in [-0.25, -0.2) is 27.2 Å². The van der Waals surface area contributed by atoms with E-state index in [0.717, 1.165) is 6.20 Å². The molecule has 0 amide bonds. The van der Waals surface area contributed by atoms with Gasteiger partial charge in [0.1, 0.15) is 5.69 Å². The van der Waals surface area contributed by atoms with Crippen LogP contribution in [-0.4, -0.2) is 18.4 Å². The van der Waals surface area contributed by atoms with Crippen LogP contribution in [0.4, 0.5) is 14.5 Å². The minimum absolute atomic E-state index is 0.196. The monoisotopic (exact) mass is 365 g/mol. The van der Waals surface area contributed by atoms with E-state index in [2.05, 4.69) is 14.7 Å². The van der Waals surface area contributed by atoms with Gasteiger partial charge in [-0.2, -0.15) is 0 Å². The summed E-state index contributed by atoms with van der Waals surface area (Å²) in [4.78, 5) is 7.47. The molecular formula is C12H7Cl2F2N3O2S. The molecular weight excluding hydrogens is 359 g/mol. The zero-order chi connectivity index (χ0) is 16.1. The molecule has 1 N–H and O–H groups in total. The Morgan fingerprint density at radius 1 is 1.27 bits per heavy atom. The number of anilines is 1. The molecule has 0 atom stereocenters. The van der Waals surface area contributed by atoms with Gasteiger partial charge in [0, 0.05) is 11.1 Å². The lowest BCUT2D eigenvalue weighted by molar-refractivity contribution is 0.146. The molecule has 0 spiro atoms. The zero-order valence-electron chi connectivity index (χ0n) is 10.6. The largest absolute Gasteiger partial charge is 0.283 e. The maximum Gasteiger partial charge on any atom is 0.283 e. The van der Waals surface area contributed by atoms with Crippen LogP contribution >= 0.6 is 23.2 Å². The maximum atomic E-state index is 12.6. The van der Waals surface area contributed by atoms with Crippen LogP contribution in [0.3, 0.4) is 0 Å². The molecule has 2 aromatic rings. The molecule has 0 unspecified atom stereocenters. The minimum Gasteiger partial charge on any atom is -0.281 e. The van der Waals surface area contributed by atoms with Gasteiger partial charge in [-0.05, 0) is 6.07 Å². The Morgan fingerprint density at radius 2 is 2.00 bits per heavy atom. The lowest BCUT2D eigenvalue weighted by Gasteiger charge is -2.09. The van der Waals surface area contributed by atoms with E-state index in [9.17, 15) is 17.2 Å². The number of aromatic nitrogens is 2. The third kappa shape index (κ3) is 2.62. The quantitative estimate of drug-likeness (QED) is 0.881. The predicted molar refractivity (Wildman–Crippen MR) is 78.7 cm³/mol. The second-order valence-electron chi connectivity index (χ2n) is 4.54. The van der Waals surface area contributed by atoms with Gasteiger partial charge < -0.3 is 0 Å². The van der Waals surface area contributed by atoms with Crippen molar-refractivity contribution in [3.05, 3.63) is 39.8 Å². The van der Waals surface area contributed by atoms with E-state index in [0.29, 0.717) is 11.1 Å². The van der Waals surface area contributed by atoms with Crippen molar-refractivity contribution in [2.24, 2.45) is 0 Å². The molecule has 0 bridgehead atoms. The molecule has 1 aliphatic rings. The third-order valence-corrected chi connectivity index (χ3v) is 4.87. The van der Waals surface area contributed by atoms with Gasteiger partial charge in [0.05, 0.1) is 28.4 Å². The summed E-state index contributed by atoms with van der Waals surface area (Å²) in [5.74, 6) is -0.284. The predicted octanol–water partition coefficient (Wildman–Crippen LogP) is 3.64. The van der Waals surface area contributed by atoms with E-state index < -0.39 is 27.3 Å². The van der Waals surface area contributed by atoms with Gasteiger partial charge in [0.2, 0.25) is 10.0 Å². The van der Waals surface area contributed by atoms with Crippen molar-refractivity contribution in [2.45, 2.75) is 12.2 Å². The second-order valence-corrected chi connectivity index (χ2v) is 7.03. The highest BCUT2D eigenvalue weighted by Gasteiger charge is 2.29. The summed E-state index contributed by atoms with van der Waals surface area (Å²) in [6.07, 6.45) is -1.71. The fourth-order valence-corrected chi connectivity index (χ4v) is 3.95. The van der Waals surface area contributed by atoms with E-state index in [1.807, 2.05) is 0 Å². The summed E-state index contributed by atoms with van der Waals surface area (Å²) in [5, 5.41) is -0.187. The maximum absolute atomic E-state index is 12.6. The number of halogens is 4. The average Bonchev–Trinajstić information content (AvgIpc) is 2.75. The van der Waals surface area contributed by atoms with Crippen molar-refractivity contribution >= 4 is 38.9 Å². The van der Waals surface area contributed by atoms with Gasteiger partial charge in [-0.1, -0.05) is 29.3 Å². The van der Waals surface area contributed by atoms with Crippen molar-refractivity contribution < 1.29 is 17.2 Å². The summed E-state index contributed by atoms with van der Waals surface area (Å²) in [5.41, 5.74) is 0.656. The number of nitrogens with zero attached hydrogens (tertiary/aromatic N) is 2. The van der Waals surface area contributed by atoms with Gasteiger partial charge >= 0.3 is 0 Å². The SMILES string of the molecule is O=S1(=O)Cc2c(-c3cnc(C(F)F)c(Cl)n3)ccc(Cl)c2N1. The zero-order valence-corrected chi connectivity index (χ0v) is 13.0. The summed E-state index contributed by atoms with van der Waals surface area (Å²) >= 11 is 11.7. The van der Waals surface area contributed by atoms with E-state index in [1.165, 1.54) is 6.07 Å². The smallest absolute Gasteiger partial charge is 0.281 e.